The number of aromatic nitrogens is 2. The SMILES string of the molecule is CCCc1nc(NN)cc(N(CC(C)C)C2CCCC2)n1. The molecule has 5 heteroatoms. The van der Waals surface area contributed by atoms with Gasteiger partial charge in [0.15, 0.2) is 0 Å². The van der Waals surface area contributed by atoms with Gasteiger partial charge in [-0.05, 0) is 25.2 Å². The molecule has 0 atom stereocenters. The minimum absolute atomic E-state index is 0.613. The number of hydrogen-bond donors (Lipinski definition) is 2. The smallest absolute Gasteiger partial charge is 0.145 e. The molecule has 1 fully saturated rings. The van der Waals surface area contributed by atoms with Crippen molar-refractivity contribution >= 4 is 11.6 Å². The quantitative estimate of drug-likeness (QED) is 0.597. The van der Waals surface area contributed by atoms with Gasteiger partial charge in [-0.1, -0.05) is 33.6 Å². The average Bonchev–Trinajstić information content (AvgIpc) is 2.98. The van der Waals surface area contributed by atoms with Gasteiger partial charge in [-0.15, -0.1) is 0 Å². The summed E-state index contributed by atoms with van der Waals surface area (Å²) in [7, 11) is 0. The number of nitrogen functional groups attached to an aromatic ring is 1. The summed E-state index contributed by atoms with van der Waals surface area (Å²) >= 11 is 0. The molecular weight excluding hydrogens is 262 g/mol. The number of nitrogens with two attached hydrogens (primary N) is 1. The molecular formula is C16H29N5. The summed E-state index contributed by atoms with van der Waals surface area (Å²) in [5, 5.41) is 0. The van der Waals surface area contributed by atoms with Crippen molar-refractivity contribution in [3.63, 3.8) is 0 Å². The zero-order chi connectivity index (χ0) is 15.2. The highest BCUT2D eigenvalue weighted by atomic mass is 15.3. The number of hydrazine groups is 1. The van der Waals surface area contributed by atoms with Crippen LogP contribution in [0.15, 0.2) is 6.07 Å². The molecule has 0 amide bonds. The van der Waals surface area contributed by atoms with Crippen LogP contribution in [-0.4, -0.2) is 22.6 Å². The molecule has 1 saturated carbocycles. The summed E-state index contributed by atoms with van der Waals surface area (Å²) in [6.45, 7) is 7.71. The molecule has 5 nitrogen and oxygen atoms in total. The normalized spacial score (nSPS) is 15.7. The molecule has 1 aliphatic rings. The molecule has 0 spiro atoms. The second kappa shape index (κ2) is 7.59. The highest BCUT2D eigenvalue weighted by Crippen LogP contribution is 2.29. The van der Waals surface area contributed by atoms with E-state index in [4.69, 9.17) is 10.8 Å². The van der Waals surface area contributed by atoms with E-state index in [-0.39, 0.29) is 0 Å². The lowest BCUT2D eigenvalue weighted by Crippen LogP contribution is -2.37. The first-order valence-electron chi connectivity index (χ1n) is 8.25. The van der Waals surface area contributed by atoms with Crippen LogP contribution in [0.5, 0.6) is 0 Å². The first-order valence-corrected chi connectivity index (χ1v) is 8.25. The Morgan fingerprint density at radius 1 is 1.33 bits per heavy atom. The Morgan fingerprint density at radius 3 is 2.62 bits per heavy atom. The fourth-order valence-corrected chi connectivity index (χ4v) is 3.08. The Labute approximate surface area is 128 Å². The van der Waals surface area contributed by atoms with Crippen LogP contribution < -0.4 is 16.2 Å². The van der Waals surface area contributed by atoms with Gasteiger partial charge in [0, 0.05) is 25.1 Å². The van der Waals surface area contributed by atoms with Crippen molar-refractivity contribution in [2.75, 3.05) is 16.9 Å². The van der Waals surface area contributed by atoms with Crippen LogP contribution in [0.2, 0.25) is 0 Å². The standard InChI is InChI=1S/C16H29N5/c1-4-7-14-18-15(20-17)10-16(19-14)21(11-12(2)3)13-8-5-6-9-13/h10,12-13H,4-9,11,17H2,1-3H3,(H,18,19,20). The first kappa shape index (κ1) is 16.0. The van der Waals surface area contributed by atoms with Crippen molar-refractivity contribution in [1.82, 2.24) is 9.97 Å². The Hall–Kier alpha value is -1.36. The van der Waals surface area contributed by atoms with E-state index in [1.807, 2.05) is 6.07 Å². The molecule has 21 heavy (non-hydrogen) atoms. The van der Waals surface area contributed by atoms with Gasteiger partial charge in [0.05, 0.1) is 0 Å². The zero-order valence-electron chi connectivity index (χ0n) is 13.6. The lowest BCUT2D eigenvalue weighted by Gasteiger charge is -2.32. The third-order valence-corrected chi connectivity index (χ3v) is 4.00. The Kier molecular flexibility index (Phi) is 5.79. The van der Waals surface area contributed by atoms with Crippen LogP contribution in [0.4, 0.5) is 11.6 Å². The third kappa shape index (κ3) is 4.30. The predicted octanol–water partition coefficient (Wildman–Crippen LogP) is 3.12. The number of nitrogens with zero attached hydrogens (tertiary/aromatic N) is 3. The van der Waals surface area contributed by atoms with E-state index in [0.717, 1.165) is 36.8 Å². The number of anilines is 2. The second-order valence-corrected chi connectivity index (χ2v) is 6.41. The first-order chi connectivity index (χ1) is 10.1. The summed E-state index contributed by atoms with van der Waals surface area (Å²) < 4.78 is 0. The molecule has 0 radical (unpaired) electrons. The van der Waals surface area contributed by atoms with Gasteiger partial charge in [-0.25, -0.2) is 15.8 Å². The van der Waals surface area contributed by atoms with E-state index < -0.39 is 0 Å². The molecule has 1 aliphatic carbocycles. The van der Waals surface area contributed by atoms with Crippen molar-refractivity contribution in [3.05, 3.63) is 11.9 Å². The number of hydrogen-bond acceptors (Lipinski definition) is 5. The van der Waals surface area contributed by atoms with Gasteiger partial charge < -0.3 is 10.3 Å². The fraction of sp³-hybridized carbons (Fsp3) is 0.750. The van der Waals surface area contributed by atoms with Gasteiger partial charge in [0.25, 0.3) is 0 Å². The van der Waals surface area contributed by atoms with Crippen molar-refractivity contribution in [2.24, 2.45) is 11.8 Å². The van der Waals surface area contributed by atoms with Gasteiger partial charge in [0.2, 0.25) is 0 Å². The van der Waals surface area contributed by atoms with Crippen LogP contribution in [0.3, 0.4) is 0 Å². The molecule has 0 saturated heterocycles. The maximum atomic E-state index is 5.58. The fourth-order valence-electron chi connectivity index (χ4n) is 3.08. The van der Waals surface area contributed by atoms with E-state index in [2.05, 4.69) is 36.1 Å². The maximum absolute atomic E-state index is 5.58. The molecule has 118 valence electrons. The summed E-state index contributed by atoms with van der Waals surface area (Å²) in [6.07, 6.45) is 7.13. The molecule has 0 aromatic carbocycles. The van der Waals surface area contributed by atoms with Gasteiger partial charge >= 0.3 is 0 Å². The highest BCUT2D eigenvalue weighted by Gasteiger charge is 2.25. The molecule has 2 rings (SSSR count). The minimum atomic E-state index is 0.613. The summed E-state index contributed by atoms with van der Waals surface area (Å²) in [6, 6.07) is 2.60. The van der Waals surface area contributed by atoms with Crippen LogP contribution >= 0.6 is 0 Å². The number of nitrogens with one attached hydrogen (secondary N) is 1. The summed E-state index contributed by atoms with van der Waals surface area (Å²) in [5.41, 5.74) is 2.69. The van der Waals surface area contributed by atoms with E-state index in [1.165, 1.54) is 25.7 Å². The Balaban J connectivity index is 2.30. The van der Waals surface area contributed by atoms with Crippen molar-refractivity contribution in [3.8, 4) is 0 Å². The van der Waals surface area contributed by atoms with Gasteiger partial charge in [-0.2, -0.15) is 0 Å². The summed E-state index contributed by atoms with van der Waals surface area (Å²) in [4.78, 5) is 11.7. The molecule has 0 unspecified atom stereocenters. The van der Waals surface area contributed by atoms with E-state index in [9.17, 15) is 0 Å². The topological polar surface area (TPSA) is 67.1 Å². The van der Waals surface area contributed by atoms with E-state index in [0.29, 0.717) is 12.0 Å². The third-order valence-electron chi connectivity index (χ3n) is 4.00. The molecule has 1 heterocycles. The zero-order valence-corrected chi connectivity index (χ0v) is 13.6. The van der Waals surface area contributed by atoms with Crippen molar-refractivity contribution in [1.29, 1.82) is 0 Å². The van der Waals surface area contributed by atoms with Gasteiger partial charge in [-0.3, -0.25) is 0 Å². The van der Waals surface area contributed by atoms with Crippen molar-refractivity contribution < 1.29 is 0 Å². The van der Waals surface area contributed by atoms with Crippen LogP contribution in [0, 0.1) is 5.92 Å². The molecule has 0 bridgehead atoms. The van der Waals surface area contributed by atoms with Crippen LogP contribution in [0.1, 0.15) is 58.7 Å². The average molecular weight is 291 g/mol. The summed E-state index contributed by atoms with van der Waals surface area (Å²) in [5.74, 6) is 8.83. The Bertz CT molecular complexity index is 440. The number of rotatable bonds is 7. The van der Waals surface area contributed by atoms with Crippen LogP contribution in [-0.2, 0) is 6.42 Å². The molecule has 1 aromatic rings. The lowest BCUT2D eigenvalue weighted by molar-refractivity contribution is 0.530. The van der Waals surface area contributed by atoms with E-state index in [1.54, 1.807) is 0 Å². The van der Waals surface area contributed by atoms with Crippen LogP contribution in [0.25, 0.3) is 0 Å². The number of aryl methyl sites for hydroxylation is 1. The van der Waals surface area contributed by atoms with E-state index >= 15 is 0 Å². The molecule has 1 aromatic heterocycles. The minimum Gasteiger partial charge on any atom is -0.353 e. The van der Waals surface area contributed by atoms with Gasteiger partial charge in [0.1, 0.15) is 17.5 Å². The second-order valence-electron chi connectivity index (χ2n) is 6.41. The predicted molar refractivity (Wildman–Crippen MR) is 88.3 cm³/mol. The lowest BCUT2D eigenvalue weighted by atomic mass is 10.1. The maximum Gasteiger partial charge on any atom is 0.145 e. The molecule has 3 N–H and O–H groups in total. The largest absolute Gasteiger partial charge is 0.353 e. The highest BCUT2D eigenvalue weighted by molar-refractivity contribution is 5.50. The Morgan fingerprint density at radius 2 is 2.05 bits per heavy atom. The van der Waals surface area contributed by atoms with Crippen molar-refractivity contribution in [2.45, 2.75) is 65.3 Å². The monoisotopic (exact) mass is 291 g/mol. The molecule has 0 aliphatic heterocycles.